The maximum atomic E-state index is 10.7. The Bertz CT molecular complexity index is 130. The third kappa shape index (κ3) is 1.67. The molecule has 0 aliphatic rings. The van der Waals surface area contributed by atoms with Crippen molar-refractivity contribution in [1.82, 2.24) is 0 Å². The summed E-state index contributed by atoms with van der Waals surface area (Å²) >= 11 is 0. The van der Waals surface area contributed by atoms with Gasteiger partial charge in [0, 0.05) is 0 Å². The van der Waals surface area contributed by atoms with Crippen LogP contribution in [0.15, 0.2) is 0 Å². The lowest BCUT2D eigenvalue weighted by atomic mass is 9.71. The fraction of sp³-hybridized carbons (Fsp3) is 0.778. The second-order valence-corrected chi connectivity index (χ2v) is 3.55. The van der Waals surface area contributed by atoms with E-state index in [2.05, 4.69) is 0 Å². The Morgan fingerprint density at radius 3 is 1.18 bits per heavy atom. The summed E-state index contributed by atoms with van der Waals surface area (Å²) in [7, 11) is 0. The van der Waals surface area contributed by atoms with Gasteiger partial charge in [0.15, 0.2) is 0 Å². The number of carbonyl (C=O) groups excluding carboxylic acids is 2. The van der Waals surface area contributed by atoms with E-state index in [0.29, 0.717) is 0 Å². The minimum Gasteiger partial charge on any atom is -0.302 e. The zero-order valence-corrected chi connectivity index (χ0v) is 7.63. The molecule has 2 heteroatoms. The van der Waals surface area contributed by atoms with Gasteiger partial charge in [-0.3, -0.25) is 0 Å². The molecule has 0 atom stereocenters. The lowest BCUT2D eigenvalue weighted by Crippen LogP contribution is -2.36. The molecule has 0 aromatic rings. The highest BCUT2D eigenvalue weighted by Gasteiger charge is 2.36. The lowest BCUT2D eigenvalue weighted by molar-refractivity contribution is -0.132. The first-order chi connectivity index (χ1) is 5.01. The van der Waals surface area contributed by atoms with Gasteiger partial charge < -0.3 is 9.59 Å². The van der Waals surface area contributed by atoms with E-state index in [1.54, 1.807) is 0 Å². The van der Waals surface area contributed by atoms with Crippen molar-refractivity contribution in [3.05, 3.63) is 0 Å². The summed E-state index contributed by atoms with van der Waals surface area (Å²) in [5.74, 6) is 0.162. The van der Waals surface area contributed by atoms with Crippen LogP contribution in [-0.2, 0) is 9.59 Å². The molecule has 0 rings (SSSR count). The first-order valence-electron chi connectivity index (χ1n) is 3.94. The maximum absolute atomic E-state index is 10.7. The molecular weight excluding hydrogens is 140 g/mol. The van der Waals surface area contributed by atoms with Crippen LogP contribution in [0.4, 0.5) is 0 Å². The first kappa shape index (κ1) is 10.3. The monoisotopic (exact) mass is 156 g/mol. The summed E-state index contributed by atoms with van der Waals surface area (Å²) in [6, 6.07) is 0. The zero-order valence-electron chi connectivity index (χ0n) is 7.63. The van der Waals surface area contributed by atoms with Gasteiger partial charge in [0.25, 0.3) is 0 Å². The average molecular weight is 156 g/mol. The molecule has 0 heterocycles. The summed E-state index contributed by atoms with van der Waals surface area (Å²) in [5.41, 5.74) is -0.778. The molecule has 0 amide bonds. The molecule has 0 aliphatic carbocycles. The van der Waals surface area contributed by atoms with Crippen LogP contribution in [0.3, 0.4) is 0 Å². The third-order valence-corrected chi connectivity index (χ3v) is 2.41. The SMILES string of the molecule is CC(C)C(C=O)(C=O)C(C)C. The van der Waals surface area contributed by atoms with Crippen molar-refractivity contribution in [3.8, 4) is 0 Å². The molecule has 0 fully saturated rings. The highest BCUT2D eigenvalue weighted by Crippen LogP contribution is 2.30. The molecule has 0 unspecified atom stereocenters. The Kier molecular flexibility index (Phi) is 3.43. The largest absolute Gasteiger partial charge is 0.302 e. The number of hydrogen-bond donors (Lipinski definition) is 0. The van der Waals surface area contributed by atoms with Gasteiger partial charge in [-0.1, -0.05) is 27.7 Å². The summed E-state index contributed by atoms with van der Waals surface area (Å²) in [6.45, 7) is 7.57. The van der Waals surface area contributed by atoms with Crippen molar-refractivity contribution < 1.29 is 9.59 Å². The first-order valence-corrected chi connectivity index (χ1v) is 3.94. The number of hydrogen-bond acceptors (Lipinski definition) is 2. The van der Waals surface area contributed by atoms with E-state index in [-0.39, 0.29) is 11.8 Å². The van der Waals surface area contributed by atoms with Crippen molar-refractivity contribution in [3.63, 3.8) is 0 Å². The fourth-order valence-electron chi connectivity index (χ4n) is 1.24. The maximum Gasteiger partial charge on any atom is 0.133 e. The molecule has 0 aromatic carbocycles. The Morgan fingerprint density at radius 1 is 0.909 bits per heavy atom. The molecule has 0 radical (unpaired) electrons. The van der Waals surface area contributed by atoms with Crippen molar-refractivity contribution in [1.29, 1.82) is 0 Å². The summed E-state index contributed by atoms with van der Waals surface area (Å²) in [5, 5.41) is 0. The molecular formula is C9H16O2. The fourth-order valence-corrected chi connectivity index (χ4v) is 1.24. The number of rotatable bonds is 4. The molecule has 11 heavy (non-hydrogen) atoms. The van der Waals surface area contributed by atoms with E-state index < -0.39 is 5.41 Å². The molecule has 0 aliphatic heterocycles. The van der Waals surface area contributed by atoms with Crippen molar-refractivity contribution in [2.45, 2.75) is 27.7 Å². The van der Waals surface area contributed by atoms with Crippen LogP contribution in [0.5, 0.6) is 0 Å². The Labute approximate surface area is 68.0 Å². The molecule has 0 aromatic heterocycles. The summed E-state index contributed by atoms with van der Waals surface area (Å²) < 4.78 is 0. The Morgan fingerprint density at radius 2 is 1.18 bits per heavy atom. The van der Waals surface area contributed by atoms with Crippen LogP contribution in [-0.4, -0.2) is 12.6 Å². The van der Waals surface area contributed by atoms with Gasteiger partial charge in [0.05, 0.1) is 5.41 Å². The molecule has 0 saturated carbocycles. The van der Waals surface area contributed by atoms with Gasteiger partial charge in [0.1, 0.15) is 12.6 Å². The van der Waals surface area contributed by atoms with Gasteiger partial charge in [-0.05, 0) is 11.8 Å². The minimum absolute atomic E-state index is 0.0810. The average Bonchev–Trinajstić information content (AvgIpc) is 1.90. The van der Waals surface area contributed by atoms with Gasteiger partial charge in [-0.25, -0.2) is 0 Å². The number of aldehydes is 2. The highest BCUT2D eigenvalue weighted by atomic mass is 16.1. The van der Waals surface area contributed by atoms with Crippen molar-refractivity contribution in [2.24, 2.45) is 17.3 Å². The molecule has 0 N–H and O–H groups in total. The standard InChI is InChI=1S/C9H16O2/c1-7(2)9(5-10,6-11)8(3)4/h5-8H,1-4H3. The molecule has 64 valence electrons. The molecule has 2 nitrogen and oxygen atoms in total. The van der Waals surface area contributed by atoms with E-state index in [0.717, 1.165) is 12.6 Å². The van der Waals surface area contributed by atoms with Gasteiger partial charge in [0.2, 0.25) is 0 Å². The smallest absolute Gasteiger partial charge is 0.133 e. The Hall–Kier alpha value is -0.660. The van der Waals surface area contributed by atoms with E-state index in [1.807, 2.05) is 27.7 Å². The van der Waals surface area contributed by atoms with Crippen LogP contribution in [0.25, 0.3) is 0 Å². The summed E-state index contributed by atoms with van der Waals surface area (Å²) in [6.07, 6.45) is 1.55. The Balaban J connectivity index is 4.74. The second kappa shape index (κ2) is 3.65. The zero-order chi connectivity index (χ0) is 9.07. The van der Waals surface area contributed by atoms with Crippen molar-refractivity contribution >= 4 is 12.6 Å². The predicted molar refractivity (Wildman–Crippen MR) is 44.2 cm³/mol. The second-order valence-electron chi connectivity index (χ2n) is 3.55. The topological polar surface area (TPSA) is 34.1 Å². The van der Waals surface area contributed by atoms with Gasteiger partial charge in [-0.2, -0.15) is 0 Å². The van der Waals surface area contributed by atoms with E-state index >= 15 is 0 Å². The molecule has 0 saturated heterocycles. The van der Waals surface area contributed by atoms with Crippen LogP contribution in [0.2, 0.25) is 0 Å². The van der Waals surface area contributed by atoms with Crippen LogP contribution < -0.4 is 0 Å². The van der Waals surface area contributed by atoms with Crippen molar-refractivity contribution in [2.75, 3.05) is 0 Å². The van der Waals surface area contributed by atoms with E-state index in [1.165, 1.54) is 0 Å². The van der Waals surface area contributed by atoms with Crippen LogP contribution >= 0.6 is 0 Å². The van der Waals surface area contributed by atoms with E-state index in [4.69, 9.17) is 0 Å². The normalized spacial score (nSPS) is 12.2. The highest BCUT2D eigenvalue weighted by molar-refractivity contribution is 5.84. The van der Waals surface area contributed by atoms with Crippen LogP contribution in [0.1, 0.15) is 27.7 Å². The number of carbonyl (C=O) groups is 2. The predicted octanol–water partition coefficient (Wildman–Crippen LogP) is 1.68. The minimum atomic E-state index is -0.778. The molecule has 0 spiro atoms. The van der Waals surface area contributed by atoms with Gasteiger partial charge in [-0.15, -0.1) is 0 Å². The quantitative estimate of drug-likeness (QED) is 0.458. The lowest BCUT2D eigenvalue weighted by Gasteiger charge is -2.29. The van der Waals surface area contributed by atoms with E-state index in [9.17, 15) is 9.59 Å². The molecule has 0 bridgehead atoms. The summed E-state index contributed by atoms with van der Waals surface area (Å²) in [4.78, 5) is 21.4. The third-order valence-electron chi connectivity index (χ3n) is 2.41. The van der Waals surface area contributed by atoms with Gasteiger partial charge >= 0.3 is 0 Å². The van der Waals surface area contributed by atoms with Crippen LogP contribution in [0, 0.1) is 17.3 Å².